The standard InChI is InChI=1S/C21H23N3O5S/c1-15-5-7-17(8-6-15)28-14-20-22-21(23-29-20)19-4-3-13-24(19)30(25,26)18-11-9-16(27-2)10-12-18/h5-12,19H,3-4,13-14H2,1-2H3. The Kier molecular flexibility index (Phi) is 5.74. The molecule has 1 unspecified atom stereocenters. The third kappa shape index (κ3) is 4.17. The van der Waals surface area contributed by atoms with Crippen molar-refractivity contribution in [3.8, 4) is 11.5 Å². The van der Waals surface area contributed by atoms with E-state index < -0.39 is 16.1 Å². The smallest absolute Gasteiger partial charge is 0.264 e. The molecule has 0 aliphatic carbocycles. The van der Waals surface area contributed by atoms with Crippen LogP contribution in [0.4, 0.5) is 0 Å². The van der Waals surface area contributed by atoms with Gasteiger partial charge in [0.25, 0.3) is 5.89 Å². The van der Waals surface area contributed by atoms with Gasteiger partial charge < -0.3 is 14.0 Å². The van der Waals surface area contributed by atoms with Crippen molar-refractivity contribution in [1.29, 1.82) is 0 Å². The molecule has 2 aromatic carbocycles. The Labute approximate surface area is 175 Å². The first-order valence-electron chi connectivity index (χ1n) is 9.65. The molecule has 0 spiro atoms. The molecule has 1 saturated heterocycles. The Morgan fingerprint density at radius 1 is 1.10 bits per heavy atom. The summed E-state index contributed by atoms with van der Waals surface area (Å²) < 4.78 is 43.8. The highest BCUT2D eigenvalue weighted by atomic mass is 32.2. The maximum atomic E-state index is 13.1. The number of hydrogen-bond acceptors (Lipinski definition) is 7. The summed E-state index contributed by atoms with van der Waals surface area (Å²) in [6, 6.07) is 13.5. The molecule has 0 N–H and O–H groups in total. The van der Waals surface area contributed by atoms with Crippen molar-refractivity contribution >= 4 is 10.0 Å². The number of methoxy groups -OCH3 is 1. The summed E-state index contributed by atoms with van der Waals surface area (Å²) in [6.07, 6.45) is 1.36. The maximum absolute atomic E-state index is 13.1. The van der Waals surface area contributed by atoms with Crippen LogP contribution in [-0.4, -0.2) is 36.5 Å². The third-order valence-corrected chi connectivity index (χ3v) is 6.96. The molecule has 30 heavy (non-hydrogen) atoms. The van der Waals surface area contributed by atoms with Gasteiger partial charge in [0.15, 0.2) is 12.4 Å². The molecule has 3 aromatic rings. The summed E-state index contributed by atoms with van der Waals surface area (Å²) in [7, 11) is -2.15. The van der Waals surface area contributed by atoms with Crippen LogP contribution < -0.4 is 9.47 Å². The molecule has 0 radical (unpaired) electrons. The highest BCUT2D eigenvalue weighted by molar-refractivity contribution is 7.89. The number of nitrogens with zero attached hydrogens (tertiary/aromatic N) is 3. The molecule has 4 rings (SSSR count). The van der Waals surface area contributed by atoms with Crippen molar-refractivity contribution < 1.29 is 22.4 Å². The van der Waals surface area contributed by atoms with Gasteiger partial charge in [-0.3, -0.25) is 0 Å². The van der Waals surface area contributed by atoms with Gasteiger partial charge in [-0.15, -0.1) is 0 Å². The quantitative estimate of drug-likeness (QED) is 0.567. The van der Waals surface area contributed by atoms with Crippen LogP contribution in [0.25, 0.3) is 0 Å². The number of sulfonamides is 1. The average Bonchev–Trinajstić information content (AvgIpc) is 3.43. The number of aryl methyl sites for hydroxylation is 1. The number of benzene rings is 2. The molecule has 1 atom stereocenters. The second kappa shape index (κ2) is 8.45. The molecular formula is C21H23N3O5S. The van der Waals surface area contributed by atoms with Gasteiger partial charge in [0.1, 0.15) is 11.5 Å². The van der Waals surface area contributed by atoms with Gasteiger partial charge in [-0.1, -0.05) is 22.9 Å². The van der Waals surface area contributed by atoms with Gasteiger partial charge >= 0.3 is 0 Å². The Morgan fingerprint density at radius 3 is 2.50 bits per heavy atom. The van der Waals surface area contributed by atoms with E-state index in [0.717, 1.165) is 12.0 Å². The van der Waals surface area contributed by atoms with E-state index in [-0.39, 0.29) is 11.5 Å². The fourth-order valence-corrected chi connectivity index (χ4v) is 5.07. The number of ether oxygens (including phenoxy) is 2. The second-order valence-corrected chi connectivity index (χ2v) is 8.99. The molecule has 9 heteroatoms. The molecular weight excluding hydrogens is 406 g/mol. The van der Waals surface area contributed by atoms with Crippen LogP contribution in [0.15, 0.2) is 57.9 Å². The Hall–Kier alpha value is -2.91. The van der Waals surface area contributed by atoms with Gasteiger partial charge in [-0.05, 0) is 56.2 Å². The third-order valence-electron chi connectivity index (χ3n) is 5.03. The van der Waals surface area contributed by atoms with Crippen molar-refractivity contribution in [2.24, 2.45) is 0 Å². The molecule has 8 nitrogen and oxygen atoms in total. The van der Waals surface area contributed by atoms with Crippen LogP contribution >= 0.6 is 0 Å². The summed E-state index contributed by atoms with van der Waals surface area (Å²) in [6.45, 7) is 2.53. The van der Waals surface area contributed by atoms with Crippen molar-refractivity contribution in [2.45, 2.75) is 37.3 Å². The number of aromatic nitrogens is 2. The van der Waals surface area contributed by atoms with E-state index in [1.807, 2.05) is 31.2 Å². The fraction of sp³-hybridized carbons (Fsp3) is 0.333. The van der Waals surface area contributed by atoms with Crippen molar-refractivity contribution in [3.05, 3.63) is 65.8 Å². The molecule has 0 bridgehead atoms. The lowest BCUT2D eigenvalue weighted by molar-refractivity contribution is 0.241. The van der Waals surface area contributed by atoms with Gasteiger partial charge in [0, 0.05) is 6.54 Å². The van der Waals surface area contributed by atoms with Crippen LogP contribution in [0.5, 0.6) is 11.5 Å². The van der Waals surface area contributed by atoms with Crippen LogP contribution in [0, 0.1) is 6.92 Å². The molecule has 158 valence electrons. The lowest BCUT2D eigenvalue weighted by atomic mass is 10.2. The minimum atomic E-state index is -3.69. The first-order chi connectivity index (χ1) is 14.5. The van der Waals surface area contributed by atoms with Crippen molar-refractivity contribution in [3.63, 3.8) is 0 Å². The van der Waals surface area contributed by atoms with Crippen molar-refractivity contribution in [1.82, 2.24) is 14.4 Å². The molecule has 0 saturated carbocycles. The van der Waals surface area contributed by atoms with Gasteiger partial charge in [-0.25, -0.2) is 8.42 Å². The van der Waals surface area contributed by atoms with Crippen LogP contribution in [0.3, 0.4) is 0 Å². The minimum absolute atomic E-state index is 0.119. The molecule has 2 heterocycles. The van der Waals surface area contributed by atoms with Gasteiger partial charge in [0.05, 0.1) is 18.0 Å². The SMILES string of the molecule is COc1ccc(S(=O)(=O)N2CCCC2c2noc(COc3ccc(C)cc3)n2)cc1. The summed E-state index contributed by atoms with van der Waals surface area (Å²) in [5, 5.41) is 4.02. The molecule has 1 aliphatic rings. The van der Waals surface area contributed by atoms with E-state index in [9.17, 15) is 8.42 Å². The van der Waals surface area contributed by atoms with Crippen LogP contribution in [0.2, 0.25) is 0 Å². The zero-order valence-electron chi connectivity index (χ0n) is 16.8. The molecule has 1 fully saturated rings. The monoisotopic (exact) mass is 429 g/mol. The molecule has 0 amide bonds. The zero-order chi connectivity index (χ0) is 21.1. The van der Waals surface area contributed by atoms with E-state index in [1.165, 1.54) is 11.4 Å². The van der Waals surface area contributed by atoms with E-state index in [4.69, 9.17) is 14.0 Å². The van der Waals surface area contributed by atoms with E-state index in [2.05, 4.69) is 10.1 Å². The summed E-state index contributed by atoms with van der Waals surface area (Å²) in [5.41, 5.74) is 1.14. The molecule has 1 aromatic heterocycles. The van der Waals surface area contributed by atoms with Crippen LogP contribution in [-0.2, 0) is 16.6 Å². The summed E-state index contributed by atoms with van der Waals surface area (Å²) in [4.78, 5) is 4.59. The predicted octanol–water partition coefficient (Wildman–Crippen LogP) is 3.49. The second-order valence-electron chi connectivity index (χ2n) is 7.10. The highest BCUT2D eigenvalue weighted by Crippen LogP contribution is 2.35. The maximum Gasteiger partial charge on any atom is 0.264 e. The summed E-state index contributed by atoms with van der Waals surface area (Å²) in [5.74, 6) is 1.96. The Balaban J connectivity index is 1.48. The van der Waals surface area contributed by atoms with Crippen molar-refractivity contribution in [2.75, 3.05) is 13.7 Å². The fourth-order valence-electron chi connectivity index (χ4n) is 3.41. The first-order valence-corrected chi connectivity index (χ1v) is 11.1. The number of hydrogen-bond donors (Lipinski definition) is 0. The van der Waals surface area contributed by atoms with Gasteiger partial charge in [-0.2, -0.15) is 9.29 Å². The number of rotatable bonds is 7. The minimum Gasteiger partial charge on any atom is -0.497 e. The molecule has 1 aliphatic heterocycles. The normalized spacial score (nSPS) is 17.2. The van der Waals surface area contributed by atoms with E-state index in [1.54, 1.807) is 24.3 Å². The lowest BCUT2D eigenvalue weighted by Gasteiger charge is -2.21. The predicted molar refractivity (Wildman–Crippen MR) is 109 cm³/mol. The highest BCUT2D eigenvalue weighted by Gasteiger charge is 2.38. The van der Waals surface area contributed by atoms with Crippen LogP contribution in [0.1, 0.15) is 36.2 Å². The topological polar surface area (TPSA) is 94.8 Å². The van der Waals surface area contributed by atoms with E-state index in [0.29, 0.717) is 36.2 Å². The van der Waals surface area contributed by atoms with Gasteiger partial charge in [0.2, 0.25) is 10.0 Å². The first kappa shape index (κ1) is 20.4. The zero-order valence-corrected chi connectivity index (χ0v) is 17.6. The Bertz CT molecular complexity index is 1090. The summed E-state index contributed by atoms with van der Waals surface area (Å²) >= 11 is 0. The average molecular weight is 429 g/mol. The lowest BCUT2D eigenvalue weighted by Crippen LogP contribution is -2.31. The van der Waals surface area contributed by atoms with E-state index >= 15 is 0 Å². The Morgan fingerprint density at radius 2 is 1.80 bits per heavy atom. The largest absolute Gasteiger partial charge is 0.497 e.